The summed E-state index contributed by atoms with van der Waals surface area (Å²) in [5, 5.41) is 0. The van der Waals surface area contributed by atoms with Gasteiger partial charge in [0.2, 0.25) is 0 Å². The van der Waals surface area contributed by atoms with Crippen molar-refractivity contribution in [3.8, 4) is 11.3 Å². The Bertz CT molecular complexity index is 525. The van der Waals surface area contributed by atoms with E-state index >= 15 is 0 Å². The molecule has 0 fully saturated rings. The van der Waals surface area contributed by atoms with E-state index in [9.17, 15) is 4.79 Å². The Kier molecular flexibility index (Phi) is 4.11. The number of thiazole rings is 1. The Morgan fingerprint density at radius 2 is 2.12 bits per heavy atom. The number of hydrogen-bond acceptors (Lipinski definition) is 4. The monoisotopic (exact) mass is 359 g/mol. The summed E-state index contributed by atoms with van der Waals surface area (Å²) < 4.78 is 5.87. The normalized spacial score (nSPS) is 10.2. The molecule has 0 saturated heterocycles. The summed E-state index contributed by atoms with van der Waals surface area (Å²) in [7, 11) is 0. The minimum atomic E-state index is -0.299. The van der Waals surface area contributed by atoms with Gasteiger partial charge in [-0.1, -0.05) is 30.3 Å². The number of nitrogens with zero attached hydrogens (tertiary/aromatic N) is 1. The van der Waals surface area contributed by atoms with Gasteiger partial charge in [-0.05, 0) is 29.5 Å². The Morgan fingerprint density at radius 3 is 2.76 bits per heavy atom. The zero-order valence-electron chi connectivity index (χ0n) is 9.14. The van der Waals surface area contributed by atoms with Gasteiger partial charge in [0, 0.05) is 5.56 Å². The molecule has 0 aliphatic rings. The summed E-state index contributed by atoms with van der Waals surface area (Å²) in [6, 6.07) is 9.67. The summed E-state index contributed by atoms with van der Waals surface area (Å²) >= 11 is 3.47. The maximum atomic E-state index is 11.8. The molecule has 88 valence electrons. The van der Waals surface area contributed by atoms with E-state index in [1.54, 1.807) is 6.92 Å². The number of ether oxygens (including phenoxy) is 1. The van der Waals surface area contributed by atoms with Gasteiger partial charge in [0.05, 0.1) is 12.3 Å². The molecule has 0 spiro atoms. The average Bonchev–Trinajstić information content (AvgIpc) is 2.73. The summed E-state index contributed by atoms with van der Waals surface area (Å²) in [5.41, 5.74) is 1.65. The van der Waals surface area contributed by atoms with Crippen LogP contribution in [0, 0.1) is 3.01 Å². The van der Waals surface area contributed by atoms with Crippen LogP contribution in [0.15, 0.2) is 30.3 Å². The number of aromatic nitrogens is 1. The first-order valence-electron chi connectivity index (χ1n) is 5.11. The molecule has 2 aromatic rings. The SMILES string of the molecule is CCOC(=O)c1sc(I)nc1-c1ccccc1. The molecule has 1 aromatic carbocycles. The minimum Gasteiger partial charge on any atom is -0.462 e. The van der Waals surface area contributed by atoms with Crippen LogP contribution in [0.1, 0.15) is 16.6 Å². The van der Waals surface area contributed by atoms with Crippen molar-refractivity contribution in [1.29, 1.82) is 0 Å². The van der Waals surface area contributed by atoms with E-state index in [4.69, 9.17) is 4.74 Å². The molecular weight excluding hydrogens is 349 g/mol. The van der Waals surface area contributed by atoms with Crippen molar-refractivity contribution in [2.45, 2.75) is 6.92 Å². The van der Waals surface area contributed by atoms with Crippen molar-refractivity contribution in [1.82, 2.24) is 4.98 Å². The molecule has 0 radical (unpaired) electrons. The predicted molar refractivity (Wildman–Crippen MR) is 76.2 cm³/mol. The largest absolute Gasteiger partial charge is 0.462 e. The fourth-order valence-corrected chi connectivity index (χ4v) is 3.03. The lowest BCUT2D eigenvalue weighted by Gasteiger charge is -2.01. The maximum Gasteiger partial charge on any atom is 0.350 e. The molecule has 0 bridgehead atoms. The number of rotatable bonds is 3. The van der Waals surface area contributed by atoms with Crippen molar-refractivity contribution in [2.24, 2.45) is 0 Å². The lowest BCUT2D eigenvalue weighted by molar-refractivity contribution is 0.0532. The highest BCUT2D eigenvalue weighted by Crippen LogP contribution is 2.29. The van der Waals surface area contributed by atoms with Crippen LogP contribution in [-0.4, -0.2) is 17.6 Å². The number of carbonyl (C=O) groups excluding carboxylic acids is 1. The Labute approximate surface area is 117 Å². The molecule has 0 aliphatic carbocycles. The van der Waals surface area contributed by atoms with E-state index in [0.29, 0.717) is 17.2 Å². The third-order valence-corrected chi connectivity index (χ3v) is 3.83. The van der Waals surface area contributed by atoms with E-state index in [0.717, 1.165) is 8.58 Å². The van der Waals surface area contributed by atoms with Gasteiger partial charge >= 0.3 is 5.97 Å². The highest BCUT2D eigenvalue weighted by Gasteiger charge is 2.19. The van der Waals surface area contributed by atoms with E-state index in [1.165, 1.54) is 11.3 Å². The number of carbonyl (C=O) groups is 1. The van der Waals surface area contributed by atoms with Crippen molar-refractivity contribution < 1.29 is 9.53 Å². The first-order valence-corrected chi connectivity index (χ1v) is 7.00. The molecule has 0 unspecified atom stereocenters. The predicted octanol–water partition coefficient (Wildman–Crippen LogP) is 3.59. The molecular formula is C12H10INO2S. The van der Waals surface area contributed by atoms with Crippen LogP contribution in [-0.2, 0) is 4.74 Å². The Hall–Kier alpha value is -0.950. The van der Waals surface area contributed by atoms with Gasteiger partial charge in [-0.15, -0.1) is 11.3 Å². The van der Waals surface area contributed by atoms with Gasteiger partial charge in [-0.25, -0.2) is 9.78 Å². The zero-order chi connectivity index (χ0) is 12.3. The zero-order valence-corrected chi connectivity index (χ0v) is 12.1. The molecule has 0 saturated carbocycles. The minimum absolute atomic E-state index is 0.299. The maximum absolute atomic E-state index is 11.8. The van der Waals surface area contributed by atoms with Crippen LogP contribution in [0.5, 0.6) is 0 Å². The summed E-state index contributed by atoms with van der Waals surface area (Å²) in [4.78, 5) is 16.8. The van der Waals surface area contributed by atoms with Gasteiger partial charge in [-0.2, -0.15) is 0 Å². The van der Waals surface area contributed by atoms with Gasteiger partial charge < -0.3 is 4.74 Å². The van der Waals surface area contributed by atoms with Crippen LogP contribution in [0.25, 0.3) is 11.3 Å². The molecule has 2 rings (SSSR count). The molecule has 1 heterocycles. The third kappa shape index (κ3) is 2.84. The molecule has 0 aliphatic heterocycles. The molecule has 0 atom stereocenters. The number of hydrogen-bond donors (Lipinski definition) is 0. The average molecular weight is 359 g/mol. The van der Waals surface area contributed by atoms with E-state index in [2.05, 4.69) is 27.6 Å². The van der Waals surface area contributed by atoms with Crippen molar-refractivity contribution in [3.05, 3.63) is 38.2 Å². The second kappa shape index (κ2) is 5.59. The van der Waals surface area contributed by atoms with Crippen LogP contribution in [0.4, 0.5) is 0 Å². The quantitative estimate of drug-likeness (QED) is 0.621. The smallest absolute Gasteiger partial charge is 0.350 e. The fraction of sp³-hybridized carbons (Fsp3) is 0.167. The second-order valence-corrected chi connectivity index (χ2v) is 5.98. The van der Waals surface area contributed by atoms with E-state index in [-0.39, 0.29) is 5.97 Å². The summed E-state index contributed by atoms with van der Waals surface area (Å²) in [6.45, 7) is 2.17. The molecule has 3 nitrogen and oxygen atoms in total. The second-order valence-electron chi connectivity index (χ2n) is 3.23. The van der Waals surface area contributed by atoms with Crippen LogP contribution >= 0.6 is 33.9 Å². The summed E-state index contributed by atoms with van der Waals surface area (Å²) in [6.07, 6.45) is 0. The number of benzene rings is 1. The molecule has 0 amide bonds. The third-order valence-electron chi connectivity index (χ3n) is 2.11. The Morgan fingerprint density at radius 1 is 1.41 bits per heavy atom. The van der Waals surface area contributed by atoms with Crippen LogP contribution in [0.3, 0.4) is 0 Å². The van der Waals surface area contributed by atoms with Gasteiger partial charge in [0.15, 0.2) is 3.01 Å². The van der Waals surface area contributed by atoms with Gasteiger partial charge in [0.25, 0.3) is 0 Å². The fourth-order valence-electron chi connectivity index (χ4n) is 1.42. The molecule has 0 N–H and O–H groups in total. The highest BCUT2D eigenvalue weighted by atomic mass is 127. The van der Waals surface area contributed by atoms with E-state index < -0.39 is 0 Å². The standard InChI is InChI=1S/C12H10INO2S/c1-2-16-11(15)10-9(14-12(13)17-10)8-6-4-3-5-7-8/h3-7H,2H2,1H3. The Balaban J connectivity index is 2.44. The first kappa shape index (κ1) is 12.5. The topological polar surface area (TPSA) is 39.2 Å². The number of esters is 1. The molecule has 5 heteroatoms. The van der Waals surface area contributed by atoms with Crippen LogP contribution < -0.4 is 0 Å². The van der Waals surface area contributed by atoms with Crippen molar-refractivity contribution in [2.75, 3.05) is 6.61 Å². The molecule has 17 heavy (non-hydrogen) atoms. The molecule has 1 aromatic heterocycles. The lowest BCUT2D eigenvalue weighted by Crippen LogP contribution is -2.03. The lowest BCUT2D eigenvalue weighted by atomic mass is 10.1. The van der Waals surface area contributed by atoms with Gasteiger partial charge in [-0.3, -0.25) is 0 Å². The highest BCUT2D eigenvalue weighted by molar-refractivity contribution is 14.1. The number of halogens is 1. The summed E-state index contributed by atoms with van der Waals surface area (Å²) in [5.74, 6) is -0.299. The van der Waals surface area contributed by atoms with Crippen molar-refractivity contribution in [3.63, 3.8) is 0 Å². The van der Waals surface area contributed by atoms with Gasteiger partial charge in [0.1, 0.15) is 4.88 Å². The first-order chi connectivity index (χ1) is 8.22. The van der Waals surface area contributed by atoms with Crippen LogP contribution in [0.2, 0.25) is 0 Å². The van der Waals surface area contributed by atoms with Crippen molar-refractivity contribution >= 4 is 39.9 Å². The van der Waals surface area contributed by atoms with E-state index in [1.807, 2.05) is 30.3 Å².